The molecule has 2 aromatic heterocycles. The van der Waals surface area contributed by atoms with Crippen LogP contribution < -0.4 is 0 Å². The van der Waals surface area contributed by atoms with E-state index in [1.54, 1.807) is 12.4 Å². The first kappa shape index (κ1) is 18.2. The molecule has 29 heavy (non-hydrogen) atoms. The lowest BCUT2D eigenvalue weighted by Crippen LogP contribution is -2.49. The lowest BCUT2D eigenvalue weighted by atomic mass is 9.92. The number of rotatable bonds is 2. The summed E-state index contributed by atoms with van der Waals surface area (Å²) >= 11 is 0. The van der Waals surface area contributed by atoms with Crippen LogP contribution in [0.3, 0.4) is 0 Å². The number of aryl methyl sites for hydroxylation is 1. The molecule has 0 aliphatic carbocycles. The summed E-state index contributed by atoms with van der Waals surface area (Å²) in [6, 6.07) is 8.80. The smallest absolute Gasteiger partial charge is 0.255 e. The van der Waals surface area contributed by atoms with Gasteiger partial charge in [-0.15, -0.1) is 0 Å². The van der Waals surface area contributed by atoms with Crippen molar-refractivity contribution in [2.24, 2.45) is 0 Å². The van der Waals surface area contributed by atoms with Crippen molar-refractivity contribution in [3.05, 3.63) is 54.1 Å². The number of fused-ring (bicyclic) bond motifs is 3. The number of aromatic nitrogens is 3. The SMILES string of the molecule is Cc1cccc2c(C(=O)N3C4CCCCC3CCC4)cc(-c3cncnc3)nc12. The van der Waals surface area contributed by atoms with Gasteiger partial charge in [0.25, 0.3) is 5.91 Å². The summed E-state index contributed by atoms with van der Waals surface area (Å²) < 4.78 is 0. The highest BCUT2D eigenvalue weighted by atomic mass is 16.2. The number of piperidine rings is 1. The third kappa shape index (κ3) is 3.28. The molecule has 5 rings (SSSR count). The van der Waals surface area contributed by atoms with Crippen LogP contribution in [0.1, 0.15) is 60.9 Å². The third-order valence-corrected chi connectivity index (χ3v) is 6.55. The van der Waals surface area contributed by atoms with Crippen molar-refractivity contribution < 1.29 is 4.79 Å². The second-order valence-electron chi connectivity index (χ2n) is 8.39. The minimum atomic E-state index is 0.165. The Kier molecular flexibility index (Phi) is 4.74. The Hall–Kier alpha value is -2.82. The Balaban J connectivity index is 1.67. The van der Waals surface area contributed by atoms with Gasteiger partial charge in [0, 0.05) is 35.4 Å². The van der Waals surface area contributed by atoms with Gasteiger partial charge in [0.15, 0.2) is 0 Å². The average Bonchev–Trinajstić information content (AvgIpc) is 2.88. The van der Waals surface area contributed by atoms with Gasteiger partial charge in [-0.1, -0.05) is 31.0 Å². The second-order valence-corrected chi connectivity index (χ2v) is 8.39. The summed E-state index contributed by atoms with van der Waals surface area (Å²) in [4.78, 5) is 29.3. The van der Waals surface area contributed by atoms with Crippen LogP contribution in [-0.4, -0.2) is 37.8 Å². The zero-order chi connectivity index (χ0) is 19.8. The molecule has 0 N–H and O–H groups in total. The summed E-state index contributed by atoms with van der Waals surface area (Å²) in [5.41, 5.74) is 4.32. The van der Waals surface area contributed by atoms with Crippen molar-refractivity contribution in [3.8, 4) is 11.3 Å². The minimum absolute atomic E-state index is 0.165. The number of hydrogen-bond donors (Lipinski definition) is 0. The molecule has 2 bridgehead atoms. The van der Waals surface area contributed by atoms with Crippen molar-refractivity contribution in [1.29, 1.82) is 0 Å². The molecule has 2 aliphatic heterocycles. The fourth-order valence-electron chi connectivity index (χ4n) is 5.11. The predicted octanol–water partition coefficient (Wildman–Crippen LogP) is 4.94. The number of carbonyl (C=O) groups excluding carboxylic acids is 1. The average molecular weight is 386 g/mol. The molecule has 1 amide bonds. The molecule has 0 spiro atoms. The highest BCUT2D eigenvalue weighted by molar-refractivity contribution is 6.08. The van der Waals surface area contributed by atoms with Crippen LogP contribution in [0, 0.1) is 6.92 Å². The summed E-state index contributed by atoms with van der Waals surface area (Å²) in [5.74, 6) is 0.165. The van der Waals surface area contributed by atoms with Crippen molar-refractivity contribution in [2.75, 3.05) is 0 Å². The maximum absolute atomic E-state index is 13.9. The number of para-hydroxylation sites is 1. The van der Waals surface area contributed by atoms with Gasteiger partial charge in [0.2, 0.25) is 0 Å². The van der Waals surface area contributed by atoms with Crippen molar-refractivity contribution in [1.82, 2.24) is 19.9 Å². The molecule has 148 valence electrons. The first-order valence-electron chi connectivity index (χ1n) is 10.7. The topological polar surface area (TPSA) is 59.0 Å². The van der Waals surface area contributed by atoms with Crippen LogP contribution in [0.25, 0.3) is 22.2 Å². The van der Waals surface area contributed by atoms with Crippen LogP contribution in [0.15, 0.2) is 43.0 Å². The molecule has 3 aromatic rings. The number of pyridine rings is 1. The van der Waals surface area contributed by atoms with Gasteiger partial charge in [-0.2, -0.15) is 0 Å². The number of carbonyl (C=O) groups is 1. The van der Waals surface area contributed by atoms with E-state index in [2.05, 4.69) is 27.9 Å². The molecule has 4 heterocycles. The molecule has 2 fully saturated rings. The van der Waals surface area contributed by atoms with E-state index >= 15 is 0 Å². The van der Waals surface area contributed by atoms with Gasteiger partial charge in [-0.05, 0) is 50.7 Å². The van der Waals surface area contributed by atoms with E-state index in [0.717, 1.165) is 59.0 Å². The van der Waals surface area contributed by atoms with Gasteiger partial charge < -0.3 is 4.90 Å². The molecule has 2 atom stereocenters. The van der Waals surface area contributed by atoms with Crippen LogP contribution >= 0.6 is 0 Å². The molecule has 2 saturated heterocycles. The molecule has 5 nitrogen and oxygen atoms in total. The number of hydrogen-bond acceptors (Lipinski definition) is 4. The summed E-state index contributed by atoms with van der Waals surface area (Å²) in [7, 11) is 0. The van der Waals surface area contributed by atoms with Crippen molar-refractivity contribution in [2.45, 2.75) is 64.0 Å². The van der Waals surface area contributed by atoms with Crippen molar-refractivity contribution in [3.63, 3.8) is 0 Å². The van der Waals surface area contributed by atoms with E-state index in [-0.39, 0.29) is 5.91 Å². The van der Waals surface area contributed by atoms with Gasteiger partial charge in [-0.25, -0.2) is 15.0 Å². The number of nitrogens with zero attached hydrogens (tertiary/aromatic N) is 4. The Morgan fingerprint density at radius 1 is 1.00 bits per heavy atom. The molecular formula is C24H26N4O. The highest BCUT2D eigenvalue weighted by Crippen LogP contribution is 2.35. The number of amides is 1. The van der Waals surface area contributed by atoms with Gasteiger partial charge in [-0.3, -0.25) is 4.79 Å². The quantitative estimate of drug-likeness (QED) is 0.626. The summed E-state index contributed by atoms with van der Waals surface area (Å²) in [6.45, 7) is 2.05. The molecule has 2 unspecified atom stereocenters. The Labute approximate surface area is 171 Å². The summed E-state index contributed by atoms with van der Waals surface area (Å²) in [6.07, 6.45) is 13.2. The van der Waals surface area contributed by atoms with E-state index in [4.69, 9.17) is 4.98 Å². The lowest BCUT2D eigenvalue weighted by Gasteiger charge is -2.41. The molecule has 0 saturated carbocycles. The Morgan fingerprint density at radius 2 is 1.69 bits per heavy atom. The van der Waals surface area contributed by atoms with E-state index in [9.17, 15) is 4.79 Å². The third-order valence-electron chi connectivity index (χ3n) is 6.55. The molecule has 1 aromatic carbocycles. The molecule has 2 aliphatic rings. The standard InChI is InChI=1S/C24H26N4O/c1-16-6-4-11-20-21(12-22(27-23(16)20)17-13-25-15-26-14-17)24(29)28-18-7-2-3-8-19(28)10-5-9-18/h4,6,11-15,18-19H,2-3,5,7-10H2,1H3. The molecular weight excluding hydrogens is 360 g/mol. The minimum Gasteiger partial charge on any atom is -0.333 e. The first-order chi connectivity index (χ1) is 14.2. The largest absolute Gasteiger partial charge is 0.333 e. The van der Waals surface area contributed by atoms with Gasteiger partial charge in [0.05, 0.1) is 16.8 Å². The van der Waals surface area contributed by atoms with Crippen LogP contribution in [-0.2, 0) is 0 Å². The highest BCUT2D eigenvalue weighted by Gasteiger charge is 2.36. The lowest BCUT2D eigenvalue weighted by molar-refractivity contribution is 0.0462. The van der Waals surface area contributed by atoms with E-state index in [1.807, 2.05) is 18.2 Å². The first-order valence-corrected chi connectivity index (χ1v) is 10.7. The monoisotopic (exact) mass is 386 g/mol. The maximum Gasteiger partial charge on any atom is 0.255 e. The zero-order valence-corrected chi connectivity index (χ0v) is 16.8. The fraction of sp³-hybridized carbons (Fsp3) is 0.417. The predicted molar refractivity (Wildman–Crippen MR) is 114 cm³/mol. The van der Waals surface area contributed by atoms with Crippen LogP contribution in [0.4, 0.5) is 0 Å². The van der Waals surface area contributed by atoms with Crippen molar-refractivity contribution >= 4 is 16.8 Å². The van der Waals surface area contributed by atoms with Crippen LogP contribution in [0.5, 0.6) is 0 Å². The fourth-order valence-corrected chi connectivity index (χ4v) is 5.11. The summed E-state index contributed by atoms with van der Waals surface area (Å²) in [5, 5.41) is 0.943. The second kappa shape index (κ2) is 7.54. The van der Waals surface area contributed by atoms with E-state index < -0.39 is 0 Å². The van der Waals surface area contributed by atoms with Crippen LogP contribution in [0.2, 0.25) is 0 Å². The van der Waals surface area contributed by atoms with Gasteiger partial charge in [0.1, 0.15) is 6.33 Å². The zero-order valence-electron chi connectivity index (χ0n) is 16.8. The number of benzene rings is 1. The molecule has 0 radical (unpaired) electrons. The van der Waals surface area contributed by atoms with E-state index in [1.165, 1.54) is 25.6 Å². The van der Waals surface area contributed by atoms with Gasteiger partial charge >= 0.3 is 0 Å². The van der Waals surface area contributed by atoms with E-state index in [0.29, 0.717) is 12.1 Å². The Morgan fingerprint density at radius 3 is 2.41 bits per heavy atom. The molecule has 5 heteroatoms. The normalized spacial score (nSPS) is 21.8. The maximum atomic E-state index is 13.9. The Bertz CT molecular complexity index is 1040.